The lowest BCUT2D eigenvalue weighted by molar-refractivity contribution is -0.149. The van der Waals surface area contributed by atoms with E-state index in [-0.39, 0.29) is 23.0 Å². The van der Waals surface area contributed by atoms with Gasteiger partial charge < -0.3 is 9.15 Å². The molecule has 9 heteroatoms. The first-order valence-electron chi connectivity index (χ1n) is 8.21. The Morgan fingerprint density at radius 2 is 1.96 bits per heavy atom. The number of rotatable bonds is 7. The van der Waals surface area contributed by atoms with Crippen LogP contribution >= 0.6 is 11.3 Å². The molecule has 1 aromatic carbocycles. The molecule has 0 saturated carbocycles. The first-order valence-corrected chi connectivity index (χ1v) is 10.7. The summed E-state index contributed by atoms with van der Waals surface area (Å²) in [5, 5.41) is 9.70. The van der Waals surface area contributed by atoms with E-state index in [1.807, 2.05) is 24.4 Å². The number of aromatic nitrogens is 2. The quantitative estimate of drug-likeness (QED) is 0.553. The molecule has 0 radical (unpaired) electrons. The maximum absolute atomic E-state index is 12.3. The smallest absolute Gasteiger partial charge is 0.307 e. The van der Waals surface area contributed by atoms with E-state index >= 15 is 0 Å². The Labute approximate surface area is 160 Å². The van der Waals surface area contributed by atoms with Crippen molar-refractivity contribution in [2.24, 2.45) is 0 Å². The van der Waals surface area contributed by atoms with Gasteiger partial charge >= 0.3 is 5.97 Å². The van der Waals surface area contributed by atoms with Gasteiger partial charge in [0.1, 0.15) is 0 Å². The Hall–Kier alpha value is -2.52. The Kier molecular flexibility index (Phi) is 5.71. The van der Waals surface area contributed by atoms with Crippen molar-refractivity contribution in [1.29, 1.82) is 0 Å². The molecule has 3 rings (SSSR count). The van der Waals surface area contributed by atoms with Crippen LogP contribution in [0.25, 0.3) is 10.8 Å². The van der Waals surface area contributed by atoms with Crippen LogP contribution in [-0.2, 0) is 19.4 Å². The van der Waals surface area contributed by atoms with Crippen LogP contribution in [0.3, 0.4) is 0 Å². The second-order valence-electron chi connectivity index (χ2n) is 5.94. The third-order valence-corrected chi connectivity index (χ3v) is 6.37. The van der Waals surface area contributed by atoms with Crippen LogP contribution < -0.4 is 0 Å². The number of carbonyl (C=O) groups is 1. The lowest BCUT2D eigenvalue weighted by Crippen LogP contribution is -2.15. The van der Waals surface area contributed by atoms with Crippen molar-refractivity contribution in [2.75, 3.05) is 5.75 Å². The fraction of sp³-hybridized carbons (Fsp3) is 0.278. The van der Waals surface area contributed by atoms with Crippen molar-refractivity contribution >= 4 is 27.1 Å². The monoisotopic (exact) mass is 406 g/mol. The maximum Gasteiger partial charge on any atom is 0.307 e. The predicted octanol–water partition coefficient (Wildman–Crippen LogP) is 3.57. The summed E-state index contributed by atoms with van der Waals surface area (Å²) in [7, 11) is -3.55. The van der Waals surface area contributed by atoms with Crippen LogP contribution in [-0.4, -0.2) is 30.3 Å². The van der Waals surface area contributed by atoms with E-state index in [1.54, 1.807) is 19.1 Å². The van der Waals surface area contributed by atoms with Gasteiger partial charge in [-0.2, -0.15) is 0 Å². The summed E-state index contributed by atoms with van der Waals surface area (Å²) in [5.74, 6) is -0.460. The molecule has 0 aliphatic heterocycles. The highest BCUT2D eigenvalue weighted by atomic mass is 32.2. The molecular formula is C18H18N2O5S2. The summed E-state index contributed by atoms with van der Waals surface area (Å²) in [6.45, 7) is 3.47. The van der Waals surface area contributed by atoms with Gasteiger partial charge in [0.05, 0.1) is 21.9 Å². The number of thiophene rings is 1. The maximum atomic E-state index is 12.3. The number of hydrogen-bond acceptors (Lipinski definition) is 8. The molecule has 0 amide bonds. The molecule has 2 aromatic heterocycles. The second kappa shape index (κ2) is 8.01. The Morgan fingerprint density at radius 3 is 2.63 bits per heavy atom. The molecule has 0 fully saturated rings. The number of sulfone groups is 1. The minimum absolute atomic E-state index is 0.160. The summed E-state index contributed by atoms with van der Waals surface area (Å²) >= 11 is 1.45. The molecule has 7 nitrogen and oxygen atoms in total. The summed E-state index contributed by atoms with van der Waals surface area (Å²) in [5.41, 5.74) is 0.962. The zero-order valence-corrected chi connectivity index (χ0v) is 16.4. The zero-order valence-electron chi connectivity index (χ0n) is 14.8. The molecule has 1 atom stereocenters. The Bertz CT molecular complexity index is 1010. The van der Waals surface area contributed by atoms with E-state index in [4.69, 9.17) is 9.15 Å². The first kappa shape index (κ1) is 19.2. The number of nitrogens with zero attached hydrogens (tertiary/aromatic N) is 2. The van der Waals surface area contributed by atoms with Crippen molar-refractivity contribution < 1.29 is 22.4 Å². The van der Waals surface area contributed by atoms with Crippen LogP contribution in [0.15, 0.2) is 51.1 Å². The molecule has 0 aliphatic rings. The predicted molar refractivity (Wildman–Crippen MR) is 100.0 cm³/mol. The summed E-state index contributed by atoms with van der Waals surface area (Å²) in [4.78, 5) is 13.0. The number of esters is 1. The fourth-order valence-electron chi connectivity index (χ4n) is 2.29. The molecule has 0 unspecified atom stereocenters. The Balaban J connectivity index is 1.56. The number of aryl methyl sites for hydroxylation is 1. The average Bonchev–Trinajstić information content (AvgIpc) is 3.31. The fourth-order valence-corrected chi connectivity index (χ4v) is 4.15. The topological polar surface area (TPSA) is 99.4 Å². The van der Waals surface area contributed by atoms with Gasteiger partial charge in [-0.25, -0.2) is 8.42 Å². The normalized spacial score (nSPS) is 12.7. The zero-order chi connectivity index (χ0) is 19.4. The molecule has 142 valence electrons. The van der Waals surface area contributed by atoms with Crippen LogP contribution in [0.2, 0.25) is 0 Å². The summed E-state index contributed by atoms with van der Waals surface area (Å²) in [6.07, 6.45) is -1.02. The van der Waals surface area contributed by atoms with Crippen molar-refractivity contribution in [3.05, 3.63) is 53.2 Å². The first-order chi connectivity index (χ1) is 12.8. The van der Waals surface area contributed by atoms with Crippen molar-refractivity contribution in [2.45, 2.75) is 31.3 Å². The molecule has 0 bridgehead atoms. The number of benzene rings is 1. The van der Waals surface area contributed by atoms with Crippen LogP contribution in [0.5, 0.6) is 0 Å². The second-order valence-corrected chi connectivity index (χ2v) is 8.99. The molecule has 0 spiro atoms. The van der Waals surface area contributed by atoms with Crippen molar-refractivity contribution in [3.63, 3.8) is 0 Å². The molecular weight excluding hydrogens is 388 g/mol. The lowest BCUT2D eigenvalue weighted by atomic mass is 10.2. The van der Waals surface area contributed by atoms with Gasteiger partial charge in [0.25, 0.3) is 11.8 Å². The number of hydrogen-bond donors (Lipinski definition) is 0. The van der Waals surface area contributed by atoms with E-state index in [0.29, 0.717) is 5.89 Å². The highest BCUT2D eigenvalue weighted by molar-refractivity contribution is 7.91. The molecule has 0 aliphatic carbocycles. The van der Waals surface area contributed by atoms with Gasteiger partial charge in [-0.05, 0) is 37.4 Å². The highest BCUT2D eigenvalue weighted by Gasteiger charge is 2.22. The highest BCUT2D eigenvalue weighted by Crippen LogP contribution is 2.26. The van der Waals surface area contributed by atoms with Crippen LogP contribution in [0, 0.1) is 6.92 Å². The van der Waals surface area contributed by atoms with Gasteiger partial charge in [-0.1, -0.05) is 23.8 Å². The van der Waals surface area contributed by atoms with E-state index in [0.717, 1.165) is 10.4 Å². The van der Waals surface area contributed by atoms with Crippen molar-refractivity contribution in [1.82, 2.24) is 10.2 Å². The minimum atomic E-state index is -3.55. The molecule has 2 heterocycles. The van der Waals surface area contributed by atoms with Crippen molar-refractivity contribution in [3.8, 4) is 10.8 Å². The SMILES string of the molecule is Cc1ccc(S(=O)(=O)CCC(=O)O[C@H](C)c2nnc(-c3cccs3)o2)cc1. The molecule has 3 aromatic rings. The Morgan fingerprint density at radius 1 is 1.22 bits per heavy atom. The van der Waals surface area contributed by atoms with Crippen LogP contribution in [0.1, 0.15) is 30.9 Å². The van der Waals surface area contributed by atoms with Gasteiger partial charge in [0, 0.05) is 0 Å². The van der Waals surface area contributed by atoms with Gasteiger partial charge in [-0.3, -0.25) is 4.79 Å². The van der Waals surface area contributed by atoms with E-state index in [2.05, 4.69) is 10.2 Å². The third-order valence-electron chi connectivity index (χ3n) is 3.78. The molecule has 0 saturated heterocycles. The van der Waals surface area contributed by atoms with Gasteiger partial charge in [0.2, 0.25) is 0 Å². The van der Waals surface area contributed by atoms with Crippen LogP contribution in [0.4, 0.5) is 0 Å². The number of carbonyl (C=O) groups excluding carboxylic acids is 1. The van der Waals surface area contributed by atoms with E-state index in [1.165, 1.54) is 23.5 Å². The average molecular weight is 406 g/mol. The molecule has 27 heavy (non-hydrogen) atoms. The summed E-state index contributed by atoms with van der Waals surface area (Å²) in [6, 6.07) is 10.2. The van der Waals surface area contributed by atoms with E-state index in [9.17, 15) is 13.2 Å². The third kappa shape index (κ3) is 4.81. The standard InChI is InChI=1S/C18H18N2O5S2/c1-12-5-7-14(8-6-12)27(22,23)11-9-16(21)24-13(2)17-19-20-18(25-17)15-4-3-10-26-15/h3-8,10,13H,9,11H2,1-2H3/t13-/m1/s1. The van der Waals surface area contributed by atoms with Gasteiger partial charge in [-0.15, -0.1) is 21.5 Å². The summed E-state index contributed by atoms with van der Waals surface area (Å²) < 4.78 is 35.3. The van der Waals surface area contributed by atoms with Gasteiger partial charge in [0.15, 0.2) is 15.9 Å². The largest absolute Gasteiger partial charge is 0.453 e. The lowest BCUT2D eigenvalue weighted by Gasteiger charge is -2.09. The number of ether oxygens (including phenoxy) is 1. The minimum Gasteiger partial charge on any atom is -0.453 e. The van der Waals surface area contributed by atoms with E-state index < -0.39 is 21.9 Å². The molecule has 0 N–H and O–H groups in total.